The van der Waals surface area contributed by atoms with Gasteiger partial charge in [-0.25, -0.2) is 5.01 Å². The molecule has 2 aromatic carbocycles. The minimum atomic E-state index is -0.194. The van der Waals surface area contributed by atoms with E-state index < -0.39 is 0 Å². The van der Waals surface area contributed by atoms with Crippen LogP contribution in [0.2, 0.25) is 0 Å². The first-order chi connectivity index (χ1) is 12.1. The van der Waals surface area contributed by atoms with Gasteiger partial charge in [0.15, 0.2) is 0 Å². The van der Waals surface area contributed by atoms with Crippen LogP contribution in [0.5, 0.6) is 5.75 Å². The second kappa shape index (κ2) is 7.93. The van der Waals surface area contributed by atoms with Crippen LogP contribution >= 0.6 is 27.5 Å². The molecule has 1 heterocycles. The predicted octanol–water partition coefficient (Wildman–Crippen LogP) is 4.52. The highest BCUT2D eigenvalue weighted by Gasteiger charge is 2.30. The first kappa shape index (κ1) is 17.8. The van der Waals surface area contributed by atoms with E-state index in [1.165, 1.54) is 0 Å². The van der Waals surface area contributed by atoms with Crippen LogP contribution in [0.25, 0.3) is 5.70 Å². The molecule has 0 bridgehead atoms. The molecule has 3 rings (SSSR count). The molecule has 0 saturated heterocycles. The van der Waals surface area contributed by atoms with Crippen molar-refractivity contribution >= 4 is 39.1 Å². The molecule has 1 atom stereocenters. The maximum absolute atomic E-state index is 12.5. The van der Waals surface area contributed by atoms with Crippen LogP contribution in [0.15, 0.2) is 59.1 Å². The van der Waals surface area contributed by atoms with E-state index in [2.05, 4.69) is 27.4 Å². The first-order valence-corrected chi connectivity index (χ1v) is 9.21. The number of nitrogens with one attached hydrogen (secondary N) is 1. The largest absolute Gasteiger partial charge is 0.497 e. The van der Waals surface area contributed by atoms with Crippen LogP contribution < -0.4 is 10.2 Å². The summed E-state index contributed by atoms with van der Waals surface area (Å²) in [6.45, 7) is 0. The number of benzene rings is 2. The highest BCUT2D eigenvalue weighted by Crippen LogP contribution is 2.32. The van der Waals surface area contributed by atoms with E-state index in [0.717, 1.165) is 27.0 Å². The zero-order valence-corrected chi connectivity index (χ0v) is 16.0. The Bertz CT molecular complexity index is 775. The van der Waals surface area contributed by atoms with Crippen molar-refractivity contribution in [2.75, 3.05) is 13.0 Å². The molecule has 0 unspecified atom stereocenters. The average molecular weight is 422 g/mol. The van der Waals surface area contributed by atoms with Gasteiger partial charge in [-0.1, -0.05) is 40.2 Å². The summed E-state index contributed by atoms with van der Waals surface area (Å²) in [5, 5.41) is 1.64. The Balaban J connectivity index is 1.93. The summed E-state index contributed by atoms with van der Waals surface area (Å²) in [5.74, 6) is 1.03. The van der Waals surface area contributed by atoms with Crippen LogP contribution in [0.1, 0.15) is 23.6 Å². The molecular formula is C19H18BrClN2O2. The van der Waals surface area contributed by atoms with E-state index in [9.17, 15) is 4.79 Å². The van der Waals surface area contributed by atoms with Crippen LogP contribution in [-0.2, 0) is 4.79 Å². The fourth-order valence-electron chi connectivity index (χ4n) is 2.72. The SMILES string of the molecule is COc1ccc([C@H]2C=C(c3ccc(Br)cc3)NN2C(=O)CCCl)cc1. The molecule has 0 fully saturated rings. The highest BCUT2D eigenvalue weighted by molar-refractivity contribution is 9.10. The molecule has 0 radical (unpaired) electrons. The Labute approximate surface area is 160 Å². The summed E-state index contributed by atoms with van der Waals surface area (Å²) in [6.07, 6.45) is 2.33. The molecule has 130 valence electrons. The van der Waals surface area contributed by atoms with Gasteiger partial charge in [-0.3, -0.25) is 10.2 Å². The monoisotopic (exact) mass is 420 g/mol. The summed E-state index contributed by atoms with van der Waals surface area (Å²) in [4.78, 5) is 12.5. The van der Waals surface area contributed by atoms with Gasteiger partial charge >= 0.3 is 0 Å². The first-order valence-electron chi connectivity index (χ1n) is 7.89. The van der Waals surface area contributed by atoms with Crippen molar-refractivity contribution < 1.29 is 9.53 Å². The van der Waals surface area contributed by atoms with Crippen LogP contribution in [0, 0.1) is 0 Å². The Kier molecular flexibility index (Phi) is 5.66. The molecule has 0 aromatic heterocycles. The van der Waals surface area contributed by atoms with Crippen LogP contribution in [-0.4, -0.2) is 23.9 Å². The third-order valence-electron chi connectivity index (χ3n) is 4.03. The minimum Gasteiger partial charge on any atom is -0.497 e. The lowest BCUT2D eigenvalue weighted by Gasteiger charge is -2.25. The molecule has 1 amide bonds. The minimum absolute atomic E-state index is 0.0424. The number of nitrogens with zero attached hydrogens (tertiary/aromatic N) is 1. The van der Waals surface area contributed by atoms with Gasteiger partial charge in [-0.2, -0.15) is 0 Å². The number of ether oxygens (including phenoxy) is 1. The Morgan fingerprint density at radius 3 is 2.48 bits per heavy atom. The molecule has 0 spiro atoms. The molecule has 0 saturated carbocycles. The lowest BCUT2D eigenvalue weighted by Crippen LogP contribution is -2.39. The molecule has 25 heavy (non-hydrogen) atoms. The molecule has 1 aliphatic heterocycles. The summed E-state index contributed by atoms with van der Waals surface area (Å²) in [7, 11) is 1.63. The zero-order valence-electron chi connectivity index (χ0n) is 13.7. The van der Waals surface area contributed by atoms with E-state index in [0.29, 0.717) is 5.88 Å². The van der Waals surface area contributed by atoms with Gasteiger partial charge in [0, 0.05) is 16.8 Å². The number of methoxy groups -OCH3 is 1. The van der Waals surface area contributed by atoms with Gasteiger partial charge in [-0.15, -0.1) is 11.6 Å². The van der Waals surface area contributed by atoms with E-state index in [-0.39, 0.29) is 18.4 Å². The number of halogens is 2. The average Bonchev–Trinajstić information content (AvgIpc) is 3.08. The maximum atomic E-state index is 12.5. The fourth-order valence-corrected chi connectivity index (χ4v) is 3.15. The molecule has 4 nitrogen and oxygen atoms in total. The predicted molar refractivity (Wildman–Crippen MR) is 103 cm³/mol. The van der Waals surface area contributed by atoms with Gasteiger partial charge in [0.1, 0.15) is 5.75 Å². The third-order valence-corrected chi connectivity index (χ3v) is 4.75. The van der Waals surface area contributed by atoms with Crippen LogP contribution in [0.3, 0.4) is 0 Å². The second-order valence-corrected chi connectivity index (χ2v) is 6.91. The third kappa shape index (κ3) is 3.99. The van der Waals surface area contributed by atoms with Gasteiger partial charge in [0.05, 0.1) is 18.8 Å². The number of carbonyl (C=O) groups excluding carboxylic acids is 1. The molecule has 6 heteroatoms. The normalized spacial score (nSPS) is 16.4. The number of carbonyl (C=O) groups is 1. The van der Waals surface area contributed by atoms with Crippen molar-refractivity contribution in [1.82, 2.24) is 10.4 Å². The number of hydrogen-bond acceptors (Lipinski definition) is 3. The van der Waals surface area contributed by atoms with E-state index >= 15 is 0 Å². The Morgan fingerprint density at radius 1 is 1.20 bits per heavy atom. The lowest BCUT2D eigenvalue weighted by molar-refractivity contribution is -0.134. The molecular weight excluding hydrogens is 404 g/mol. The van der Waals surface area contributed by atoms with Gasteiger partial charge in [-0.05, 0) is 41.5 Å². The molecule has 1 N–H and O–H groups in total. The lowest BCUT2D eigenvalue weighted by atomic mass is 10.0. The number of alkyl halides is 1. The van der Waals surface area contributed by atoms with Gasteiger partial charge in [0.2, 0.25) is 5.91 Å². The standard InChI is InChI=1S/C19H18BrClN2O2/c1-25-16-8-4-14(5-9-16)18-12-17(13-2-6-15(20)7-3-13)22-23(18)19(24)10-11-21/h2-9,12,18,22H,10-11H2,1H3/t18-/m1/s1. The van der Waals surface area contributed by atoms with Gasteiger partial charge < -0.3 is 4.74 Å². The number of rotatable bonds is 5. The van der Waals surface area contributed by atoms with Crippen molar-refractivity contribution in [3.05, 3.63) is 70.2 Å². The Morgan fingerprint density at radius 2 is 1.88 bits per heavy atom. The van der Waals surface area contributed by atoms with Crippen molar-refractivity contribution in [2.45, 2.75) is 12.5 Å². The fraction of sp³-hybridized carbons (Fsp3) is 0.211. The van der Waals surface area contributed by atoms with Crippen molar-refractivity contribution in [1.29, 1.82) is 0 Å². The molecule has 2 aromatic rings. The molecule has 1 aliphatic rings. The van der Waals surface area contributed by atoms with Crippen molar-refractivity contribution in [3.8, 4) is 5.75 Å². The summed E-state index contributed by atoms with van der Waals surface area (Å²) < 4.78 is 6.22. The second-order valence-electron chi connectivity index (χ2n) is 5.62. The summed E-state index contributed by atoms with van der Waals surface area (Å²) in [5.41, 5.74) is 6.15. The maximum Gasteiger partial charge on any atom is 0.242 e. The summed E-state index contributed by atoms with van der Waals surface area (Å²) in [6, 6.07) is 15.5. The quantitative estimate of drug-likeness (QED) is 0.722. The van der Waals surface area contributed by atoms with Crippen molar-refractivity contribution in [3.63, 3.8) is 0 Å². The smallest absolute Gasteiger partial charge is 0.242 e. The number of hydrazine groups is 1. The van der Waals surface area contributed by atoms with Crippen LogP contribution in [0.4, 0.5) is 0 Å². The van der Waals surface area contributed by atoms with Crippen molar-refractivity contribution in [2.24, 2.45) is 0 Å². The Hall–Kier alpha value is -1.98. The van der Waals surface area contributed by atoms with E-state index in [1.807, 2.05) is 48.5 Å². The summed E-state index contributed by atoms with van der Waals surface area (Å²) >= 11 is 9.21. The topological polar surface area (TPSA) is 41.6 Å². The van der Waals surface area contributed by atoms with Gasteiger partial charge in [0.25, 0.3) is 0 Å². The van der Waals surface area contributed by atoms with E-state index in [4.69, 9.17) is 16.3 Å². The van der Waals surface area contributed by atoms with E-state index in [1.54, 1.807) is 12.1 Å². The number of amides is 1. The highest BCUT2D eigenvalue weighted by atomic mass is 79.9. The molecule has 0 aliphatic carbocycles. The number of hydrogen-bond donors (Lipinski definition) is 1. The zero-order chi connectivity index (χ0) is 17.8.